The first-order valence-corrected chi connectivity index (χ1v) is 9.25. The van der Waals surface area contributed by atoms with Crippen LogP contribution in [0.4, 0.5) is 5.95 Å². The molecule has 1 aliphatic carbocycles. The highest BCUT2D eigenvalue weighted by molar-refractivity contribution is 5.92. The summed E-state index contributed by atoms with van der Waals surface area (Å²) in [5.74, 6) is 1.18. The van der Waals surface area contributed by atoms with Crippen LogP contribution in [0.5, 0.6) is 5.75 Å². The van der Waals surface area contributed by atoms with Gasteiger partial charge in [-0.1, -0.05) is 31.4 Å². The van der Waals surface area contributed by atoms with Crippen LogP contribution >= 0.6 is 0 Å². The number of nitrogens with one attached hydrogen (secondary N) is 2. The summed E-state index contributed by atoms with van der Waals surface area (Å²) in [6.45, 7) is 0.543. The number of methoxy groups -OCH3 is 1. The summed E-state index contributed by atoms with van der Waals surface area (Å²) in [4.78, 5) is 21.0. The van der Waals surface area contributed by atoms with Crippen LogP contribution in [0.25, 0.3) is 0 Å². The van der Waals surface area contributed by atoms with Crippen LogP contribution in [-0.2, 0) is 6.42 Å². The predicted octanol–water partition coefficient (Wildman–Crippen LogP) is 3.20. The van der Waals surface area contributed by atoms with Gasteiger partial charge in [-0.2, -0.15) is 0 Å². The van der Waals surface area contributed by atoms with E-state index in [0.29, 0.717) is 24.2 Å². The Morgan fingerprint density at radius 2 is 2.08 bits per heavy atom. The van der Waals surface area contributed by atoms with Crippen molar-refractivity contribution in [3.8, 4) is 5.75 Å². The van der Waals surface area contributed by atoms with E-state index < -0.39 is 0 Å². The Kier molecular flexibility index (Phi) is 6.41. The van der Waals surface area contributed by atoms with Crippen molar-refractivity contribution < 1.29 is 9.53 Å². The van der Waals surface area contributed by atoms with Crippen molar-refractivity contribution in [1.82, 2.24) is 15.3 Å². The average molecular weight is 354 g/mol. The molecule has 0 saturated heterocycles. The number of hydrogen-bond acceptors (Lipinski definition) is 5. The summed E-state index contributed by atoms with van der Waals surface area (Å²) in [5.41, 5.74) is 1.51. The SMILES string of the molecule is COc1cccc(CCNC(=O)c2ccnc(NC3CCCCC3)n2)c1. The predicted molar refractivity (Wildman–Crippen MR) is 102 cm³/mol. The number of carbonyl (C=O) groups is 1. The molecule has 1 fully saturated rings. The molecule has 0 atom stereocenters. The number of rotatable bonds is 7. The van der Waals surface area contributed by atoms with Gasteiger partial charge in [-0.05, 0) is 43.0 Å². The Balaban J connectivity index is 1.51. The Hall–Kier alpha value is -2.63. The van der Waals surface area contributed by atoms with Crippen LogP contribution < -0.4 is 15.4 Å². The topological polar surface area (TPSA) is 76.1 Å². The number of benzene rings is 1. The molecule has 1 aliphatic rings. The van der Waals surface area contributed by atoms with E-state index in [1.165, 1.54) is 19.3 Å². The van der Waals surface area contributed by atoms with E-state index in [2.05, 4.69) is 20.6 Å². The minimum absolute atomic E-state index is 0.179. The maximum atomic E-state index is 12.3. The number of amides is 1. The van der Waals surface area contributed by atoms with Crippen LogP contribution in [0.15, 0.2) is 36.5 Å². The molecule has 2 aromatic rings. The van der Waals surface area contributed by atoms with Gasteiger partial charge in [0.25, 0.3) is 5.91 Å². The van der Waals surface area contributed by atoms with Crippen LogP contribution in [0, 0.1) is 0 Å². The van der Waals surface area contributed by atoms with Gasteiger partial charge in [-0.15, -0.1) is 0 Å². The molecule has 138 valence electrons. The molecule has 0 unspecified atom stereocenters. The van der Waals surface area contributed by atoms with Crippen molar-refractivity contribution in [2.75, 3.05) is 19.0 Å². The molecular formula is C20H26N4O2. The number of aromatic nitrogens is 2. The first kappa shape index (κ1) is 18.2. The lowest BCUT2D eigenvalue weighted by Gasteiger charge is -2.22. The summed E-state index contributed by atoms with van der Waals surface area (Å²) in [7, 11) is 1.65. The minimum atomic E-state index is -0.179. The molecule has 1 heterocycles. The first-order valence-electron chi connectivity index (χ1n) is 9.25. The molecule has 0 radical (unpaired) electrons. The van der Waals surface area contributed by atoms with Gasteiger partial charge in [0.05, 0.1) is 7.11 Å². The Morgan fingerprint density at radius 3 is 2.88 bits per heavy atom. The molecule has 3 rings (SSSR count). The maximum Gasteiger partial charge on any atom is 0.270 e. The largest absolute Gasteiger partial charge is 0.497 e. The minimum Gasteiger partial charge on any atom is -0.497 e. The first-order chi connectivity index (χ1) is 12.7. The summed E-state index contributed by atoms with van der Waals surface area (Å²) in [6, 6.07) is 9.91. The van der Waals surface area contributed by atoms with Gasteiger partial charge in [0.1, 0.15) is 11.4 Å². The van der Waals surface area contributed by atoms with Crippen molar-refractivity contribution >= 4 is 11.9 Å². The van der Waals surface area contributed by atoms with E-state index in [1.807, 2.05) is 24.3 Å². The van der Waals surface area contributed by atoms with Crippen LogP contribution in [0.2, 0.25) is 0 Å². The van der Waals surface area contributed by atoms with E-state index in [4.69, 9.17) is 4.74 Å². The molecule has 1 amide bonds. The number of anilines is 1. The lowest BCUT2D eigenvalue weighted by molar-refractivity contribution is 0.0949. The molecule has 0 spiro atoms. The van der Waals surface area contributed by atoms with Crippen molar-refractivity contribution in [3.05, 3.63) is 47.8 Å². The summed E-state index contributed by atoms with van der Waals surface area (Å²) in [5, 5.41) is 6.27. The Labute approximate surface area is 154 Å². The summed E-state index contributed by atoms with van der Waals surface area (Å²) in [6.07, 6.45) is 8.43. The van der Waals surface area contributed by atoms with Gasteiger partial charge in [-0.3, -0.25) is 4.79 Å². The van der Waals surface area contributed by atoms with Crippen molar-refractivity contribution in [1.29, 1.82) is 0 Å². The second-order valence-electron chi connectivity index (χ2n) is 6.60. The lowest BCUT2D eigenvalue weighted by atomic mass is 9.96. The van der Waals surface area contributed by atoms with E-state index in [0.717, 1.165) is 30.6 Å². The number of hydrogen-bond donors (Lipinski definition) is 2. The normalized spacial score (nSPS) is 14.7. The standard InChI is InChI=1S/C20H26N4O2/c1-26-17-9-5-6-15(14-17)10-12-21-19(25)18-11-13-22-20(24-18)23-16-7-3-2-4-8-16/h5-6,9,11,13-14,16H,2-4,7-8,10,12H2,1H3,(H,21,25)(H,22,23,24). The van der Waals surface area contributed by atoms with Gasteiger partial charge >= 0.3 is 0 Å². The fourth-order valence-corrected chi connectivity index (χ4v) is 3.22. The van der Waals surface area contributed by atoms with Crippen LogP contribution in [-0.4, -0.2) is 35.6 Å². The molecule has 6 heteroatoms. The number of ether oxygens (including phenoxy) is 1. The molecule has 1 aromatic carbocycles. The van der Waals surface area contributed by atoms with E-state index in [1.54, 1.807) is 19.4 Å². The van der Waals surface area contributed by atoms with E-state index >= 15 is 0 Å². The van der Waals surface area contributed by atoms with Gasteiger partial charge in [0, 0.05) is 18.8 Å². The Bertz CT molecular complexity index is 729. The summed E-state index contributed by atoms with van der Waals surface area (Å²) >= 11 is 0. The molecule has 2 N–H and O–H groups in total. The van der Waals surface area contributed by atoms with Gasteiger partial charge < -0.3 is 15.4 Å². The van der Waals surface area contributed by atoms with Crippen molar-refractivity contribution in [3.63, 3.8) is 0 Å². The molecule has 1 aromatic heterocycles. The van der Waals surface area contributed by atoms with Crippen molar-refractivity contribution in [2.45, 2.75) is 44.6 Å². The molecule has 6 nitrogen and oxygen atoms in total. The zero-order valence-electron chi connectivity index (χ0n) is 15.2. The Morgan fingerprint density at radius 1 is 1.23 bits per heavy atom. The fraction of sp³-hybridized carbons (Fsp3) is 0.450. The highest BCUT2D eigenvalue weighted by atomic mass is 16.5. The van der Waals surface area contributed by atoms with Crippen LogP contribution in [0.3, 0.4) is 0 Å². The monoisotopic (exact) mass is 354 g/mol. The zero-order valence-corrected chi connectivity index (χ0v) is 15.2. The smallest absolute Gasteiger partial charge is 0.270 e. The zero-order chi connectivity index (χ0) is 18.2. The second kappa shape index (κ2) is 9.17. The fourth-order valence-electron chi connectivity index (χ4n) is 3.22. The highest BCUT2D eigenvalue weighted by Crippen LogP contribution is 2.20. The molecule has 26 heavy (non-hydrogen) atoms. The number of carbonyl (C=O) groups excluding carboxylic acids is 1. The van der Waals surface area contributed by atoms with E-state index in [-0.39, 0.29) is 5.91 Å². The molecule has 1 saturated carbocycles. The van der Waals surface area contributed by atoms with Crippen LogP contribution in [0.1, 0.15) is 48.2 Å². The third-order valence-electron chi connectivity index (χ3n) is 4.66. The van der Waals surface area contributed by atoms with Gasteiger partial charge in [-0.25, -0.2) is 9.97 Å². The second-order valence-corrected chi connectivity index (χ2v) is 6.60. The van der Waals surface area contributed by atoms with E-state index in [9.17, 15) is 4.79 Å². The molecular weight excluding hydrogens is 328 g/mol. The van der Waals surface area contributed by atoms with Crippen molar-refractivity contribution in [2.24, 2.45) is 0 Å². The third kappa shape index (κ3) is 5.18. The maximum absolute atomic E-state index is 12.3. The molecule has 0 bridgehead atoms. The molecule has 0 aliphatic heterocycles. The summed E-state index contributed by atoms with van der Waals surface area (Å²) < 4.78 is 5.22. The lowest BCUT2D eigenvalue weighted by Crippen LogP contribution is -2.28. The average Bonchev–Trinajstić information content (AvgIpc) is 2.69. The highest BCUT2D eigenvalue weighted by Gasteiger charge is 2.15. The van der Waals surface area contributed by atoms with Gasteiger partial charge in [0.2, 0.25) is 5.95 Å². The van der Waals surface area contributed by atoms with Gasteiger partial charge in [0.15, 0.2) is 0 Å². The third-order valence-corrected chi connectivity index (χ3v) is 4.66. The number of nitrogens with zero attached hydrogens (tertiary/aromatic N) is 2. The quantitative estimate of drug-likeness (QED) is 0.798.